The molecule has 1 aromatic carbocycles. The van der Waals surface area contributed by atoms with E-state index in [9.17, 15) is 4.79 Å². The third kappa shape index (κ3) is 2.35. The Bertz CT molecular complexity index is 584. The Labute approximate surface area is 108 Å². The number of hydrogen-bond acceptors (Lipinski definition) is 3. The van der Waals surface area contributed by atoms with Crippen molar-refractivity contribution in [1.29, 1.82) is 0 Å². The molecule has 0 saturated heterocycles. The molecule has 0 N–H and O–H groups in total. The van der Waals surface area contributed by atoms with Crippen molar-refractivity contribution < 1.29 is 9.53 Å². The highest BCUT2D eigenvalue weighted by Gasteiger charge is 2.12. The quantitative estimate of drug-likeness (QED) is 0.802. The number of fused-ring (bicyclic) bond motifs is 1. The second-order valence-electron chi connectivity index (χ2n) is 3.50. The Balaban J connectivity index is 2.70. The van der Waals surface area contributed by atoms with Gasteiger partial charge in [0.25, 0.3) is 0 Å². The SMILES string of the molecule is Cc1ccc2c(Cl)cc(Cl)c(OCC=O)c2n1. The number of carbonyl (C=O) groups excluding carboxylic acids is 1. The summed E-state index contributed by atoms with van der Waals surface area (Å²) in [6.45, 7) is 1.80. The van der Waals surface area contributed by atoms with Gasteiger partial charge in [-0.2, -0.15) is 0 Å². The summed E-state index contributed by atoms with van der Waals surface area (Å²) in [4.78, 5) is 14.7. The number of aryl methyl sites for hydroxylation is 1. The first-order chi connectivity index (χ1) is 8.13. The molecule has 2 aromatic rings. The first-order valence-electron chi connectivity index (χ1n) is 4.95. The number of ether oxygens (including phenoxy) is 1. The van der Waals surface area contributed by atoms with E-state index in [-0.39, 0.29) is 6.61 Å². The van der Waals surface area contributed by atoms with Crippen LogP contribution in [-0.4, -0.2) is 17.9 Å². The first kappa shape index (κ1) is 12.1. The first-order valence-corrected chi connectivity index (χ1v) is 5.71. The fourth-order valence-electron chi connectivity index (χ4n) is 1.54. The van der Waals surface area contributed by atoms with Gasteiger partial charge in [-0.15, -0.1) is 0 Å². The van der Waals surface area contributed by atoms with Crippen molar-refractivity contribution in [2.24, 2.45) is 0 Å². The van der Waals surface area contributed by atoms with Crippen molar-refractivity contribution in [2.75, 3.05) is 6.61 Å². The lowest BCUT2D eigenvalue weighted by Crippen LogP contribution is -2.00. The number of halogens is 2. The van der Waals surface area contributed by atoms with E-state index in [1.807, 2.05) is 19.1 Å². The molecule has 0 saturated carbocycles. The lowest BCUT2D eigenvalue weighted by atomic mass is 10.2. The third-order valence-corrected chi connectivity index (χ3v) is 2.87. The van der Waals surface area contributed by atoms with E-state index >= 15 is 0 Å². The van der Waals surface area contributed by atoms with Crippen LogP contribution in [0.4, 0.5) is 0 Å². The molecule has 88 valence electrons. The highest BCUT2D eigenvalue weighted by molar-refractivity contribution is 6.39. The molecule has 0 amide bonds. The summed E-state index contributed by atoms with van der Waals surface area (Å²) in [5.74, 6) is 0.391. The van der Waals surface area contributed by atoms with E-state index < -0.39 is 0 Å². The maximum Gasteiger partial charge on any atom is 0.164 e. The van der Waals surface area contributed by atoms with E-state index in [0.717, 1.165) is 11.1 Å². The van der Waals surface area contributed by atoms with Crippen LogP contribution < -0.4 is 4.74 Å². The van der Waals surface area contributed by atoms with Crippen LogP contribution in [0.5, 0.6) is 5.75 Å². The Morgan fingerprint density at radius 1 is 1.35 bits per heavy atom. The highest BCUT2D eigenvalue weighted by Crippen LogP contribution is 2.37. The smallest absolute Gasteiger partial charge is 0.164 e. The molecule has 2 rings (SSSR count). The van der Waals surface area contributed by atoms with Crippen LogP contribution in [0.25, 0.3) is 10.9 Å². The van der Waals surface area contributed by atoms with Gasteiger partial charge in [0, 0.05) is 11.1 Å². The number of nitrogens with zero attached hydrogens (tertiary/aromatic N) is 1. The monoisotopic (exact) mass is 269 g/mol. The molecule has 0 spiro atoms. The van der Waals surface area contributed by atoms with Crippen molar-refractivity contribution in [1.82, 2.24) is 4.98 Å². The molecule has 0 bridgehead atoms. The van der Waals surface area contributed by atoms with E-state index in [4.69, 9.17) is 27.9 Å². The Morgan fingerprint density at radius 3 is 2.82 bits per heavy atom. The van der Waals surface area contributed by atoms with Gasteiger partial charge in [-0.25, -0.2) is 4.98 Å². The van der Waals surface area contributed by atoms with Gasteiger partial charge in [-0.05, 0) is 25.1 Å². The molecule has 1 aromatic heterocycles. The zero-order valence-corrected chi connectivity index (χ0v) is 10.5. The summed E-state index contributed by atoms with van der Waals surface area (Å²) < 4.78 is 5.29. The number of pyridine rings is 1. The summed E-state index contributed by atoms with van der Waals surface area (Å²) in [6.07, 6.45) is 0.659. The molecular formula is C12H9Cl2NO2. The minimum atomic E-state index is -0.0634. The number of benzene rings is 1. The van der Waals surface area contributed by atoms with Gasteiger partial charge < -0.3 is 4.74 Å². The molecule has 0 fully saturated rings. The Kier molecular flexibility index (Phi) is 3.50. The normalized spacial score (nSPS) is 10.5. The van der Waals surface area contributed by atoms with Crippen LogP contribution in [0.15, 0.2) is 18.2 Å². The van der Waals surface area contributed by atoms with Crippen molar-refractivity contribution >= 4 is 40.4 Å². The lowest BCUT2D eigenvalue weighted by molar-refractivity contribution is -0.109. The lowest BCUT2D eigenvalue weighted by Gasteiger charge is -2.10. The van der Waals surface area contributed by atoms with Crippen molar-refractivity contribution in [3.05, 3.63) is 33.9 Å². The molecule has 1 heterocycles. The molecule has 0 unspecified atom stereocenters. The predicted molar refractivity (Wildman–Crippen MR) is 68.1 cm³/mol. The Morgan fingerprint density at radius 2 is 2.12 bits per heavy atom. The maximum absolute atomic E-state index is 10.3. The molecule has 0 aliphatic rings. The van der Waals surface area contributed by atoms with Crippen molar-refractivity contribution in [3.63, 3.8) is 0 Å². The van der Waals surface area contributed by atoms with Gasteiger partial charge in [0.1, 0.15) is 12.1 Å². The van der Waals surface area contributed by atoms with Crippen LogP contribution in [0.2, 0.25) is 10.0 Å². The largest absolute Gasteiger partial charge is 0.482 e. The number of aromatic nitrogens is 1. The van der Waals surface area contributed by atoms with Crippen LogP contribution in [0.1, 0.15) is 5.69 Å². The second-order valence-corrected chi connectivity index (χ2v) is 4.31. The minimum absolute atomic E-state index is 0.0634. The zero-order chi connectivity index (χ0) is 12.4. The topological polar surface area (TPSA) is 39.2 Å². The zero-order valence-electron chi connectivity index (χ0n) is 9.04. The predicted octanol–water partition coefficient (Wildman–Crippen LogP) is 3.43. The molecule has 17 heavy (non-hydrogen) atoms. The van der Waals surface area contributed by atoms with E-state index in [1.54, 1.807) is 6.07 Å². The molecule has 0 aliphatic carbocycles. The number of hydrogen-bond donors (Lipinski definition) is 0. The fourth-order valence-corrected chi connectivity index (χ4v) is 2.12. The van der Waals surface area contributed by atoms with Gasteiger partial charge >= 0.3 is 0 Å². The third-order valence-electron chi connectivity index (χ3n) is 2.27. The van der Waals surface area contributed by atoms with E-state index in [0.29, 0.717) is 27.6 Å². The maximum atomic E-state index is 10.3. The molecular weight excluding hydrogens is 261 g/mol. The van der Waals surface area contributed by atoms with Crippen molar-refractivity contribution in [2.45, 2.75) is 6.92 Å². The molecule has 5 heteroatoms. The summed E-state index contributed by atoms with van der Waals surface area (Å²) >= 11 is 12.1. The number of carbonyl (C=O) groups is 1. The van der Waals surface area contributed by atoms with E-state index in [2.05, 4.69) is 4.98 Å². The van der Waals surface area contributed by atoms with Gasteiger partial charge in [-0.3, -0.25) is 4.79 Å². The van der Waals surface area contributed by atoms with Crippen LogP contribution in [0.3, 0.4) is 0 Å². The van der Waals surface area contributed by atoms with Crippen molar-refractivity contribution in [3.8, 4) is 5.75 Å². The van der Waals surface area contributed by atoms with Crippen LogP contribution in [-0.2, 0) is 4.79 Å². The molecule has 0 radical (unpaired) electrons. The van der Waals surface area contributed by atoms with Gasteiger partial charge in [0.15, 0.2) is 12.0 Å². The highest BCUT2D eigenvalue weighted by atomic mass is 35.5. The van der Waals surface area contributed by atoms with E-state index in [1.165, 1.54) is 0 Å². The molecule has 0 aliphatic heterocycles. The summed E-state index contributed by atoms with van der Waals surface area (Å²) in [6, 6.07) is 5.29. The summed E-state index contributed by atoms with van der Waals surface area (Å²) in [5.41, 5.74) is 1.40. The minimum Gasteiger partial charge on any atom is -0.482 e. The van der Waals surface area contributed by atoms with Gasteiger partial charge in [-0.1, -0.05) is 23.2 Å². The number of aldehydes is 1. The fraction of sp³-hybridized carbons (Fsp3) is 0.167. The molecule has 0 atom stereocenters. The van der Waals surface area contributed by atoms with Crippen LogP contribution >= 0.6 is 23.2 Å². The summed E-state index contributed by atoms with van der Waals surface area (Å²) in [5, 5.41) is 1.61. The standard InChI is InChI=1S/C12H9Cl2NO2/c1-7-2-3-8-9(13)6-10(14)12(11(8)15-7)17-5-4-16/h2-4,6H,5H2,1H3. The summed E-state index contributed by atoms with van der Waals surface area (Å²) in [7, 11) is 0. The van der Waals surface area contributed by atoms with Gasteiger partial charge in [0.05, 0.1) is 10.0 Å². The Hall–Kier alpha value is -1.32. The average Bonchev–Trinajstić information content (AvgIpc) is 2.28. The van der Waals surface area contributed by atoms with Crippen LogP contribution in [0, 0.1) is 6.92 Å². The molecule has 3 nitrogen and oxygen atoms in total. The average molecular weight is 270 g/mol. The van der Waals surface area contributed by atoms with Gasteiger partial charge in [0.2, 0.25) is 0 Å². The number of rotatable bonds is 3. The second kappa shape index (κ2) is 4.90.